The minimum Gasteiger partial charge on any atom is -0.433 e. The van der Waals surface area contributed by atoms with E-state index in [1.54, 1.807) is 6.07 Å². The van der Waals surface area contributed by atoms with Gasteiger partial charge in [0.25, 0.3) is 0 Å². The fraction of sp³-hybridized carbons (Fsp3) is 0.0769. The van der Waals surface area contributed by atoms with Gasteiger partial charge in [-0.05, 0) is 24.3 Å². The van der Waals surface area contributed by atoms with E-state index in [2.05, 4.69) is 10.1 Å². The predicted octanol–water partition coefficient (Wildman–Crippen LogP) is 4.59. The van der Waals surface area contributed by atoms with E-state index < -0.39 is 11.5 Å². The normalized spacial score (nSPS) is 10.5. The number of benzene rings is 2. The molecule has 0 saturated heterocycles. The molecule has 0 saturated carbocycles. The van der Waals surface area contributed by atoms with Crippen LogP contribution in [0.15, 0.2) is 42.5 Å². The number of alkyl halides is 2. The van der Waals surface area contributed by atoms with Crippen molar-refractivity contribution in [3.63, 3.8) is 0 Å². The number of anilines is 2. The van der Waals surface area contributed by atoms with Gasteiger partial charge in [-0.1, -0.05) is 29.8 Å². The van der Waals surface area contributed by atoms with Gasteiger partial charge in [-0.15, -0.1) is 0 Å². The van der Waals surface area contributed by atoms with E-state index in [9.17, 15) is 18.9 Å². The summed E-state index contributed by atoms with van der Waals surface area (Å²) in [7, 11) is 0. The summed E-state index contributed by atoms with van der Waals surface area (Å²) in [6, 6.07) is 10.2. The third-order valence-electron chi connectivity index (χ3n) is 2.54. The van der Waals surface area contributed by atoms with Crippen LogP contribution in [0.5, 0.6) is 5.75 Å². The minimum atomic E-state index is -3.00. The number of hydrogen-bond donors (Lipinski definition) is 1. The Balaban J connectivity index is 2.39. The first kappa shape index (κ1) is 15.0. The molecule has 0 atom stereocenters. The highest BCUT2D eigenvalue weighted by Crippen LogP contribution is 2.36. The van der Waals surface area contributed by atoms with Crippen LogP contribution in [0.25, 0.3) is 0 Å². The topological polar surface area (TPSA) is 64.4 Å². The molecule has 2 rings (SSSR count). The molecule has 0 aromatic heterocycles. The molecule has 110 valence electrons. The van der Waals surface area contributed by atoms with Gasteiger partial charge in [0.05, 0.1) is 10.6 Å². The lowest BCUT2D eigenvalue weighted by molar-refractivity contribution is -0.383. The molecule has 8 heteroatoms. The van der Waals surface area contributed by atoms with Crippen molar-refractivity contribution in [2.24, 2.45) is 0 Å². The number of para-hydroxylation sites is 3. The maximum absolute atomic E-state index is 12.3. The van der Waals surface area contributed by atoms with Gasteiger partial charge < -0.3 is 10.1 Å². The summed E-state index contributed by atoms with van der Waals surface area (Å²) >= 11 is 5.78. The zero-order chi connectivity index (χ0) is 15.4. The second-order valence-electron chi connectivity index (χ2n) is 3.89. The molecule has 21 heavy (non-hydrogen) atoms. The van der Waals surface area contributed by atoms with Crippen molar-refractivity contribution in [1.82, 2.24) is 0 Å². The van der Waals surface area contributed by atoms with E-state index in [1.165, 1.54) is 36.4 Å². The van der Waals surface area contributed by atoms with Crippen molar-refractivity contribution in [2.45, 2.75) is 6.61 Å². The van der Waals surface area contributed by atoms with E-state index in [1.807, 2.05) is 0 Å². The van der Waals surface area contributed by atoms with E-state index in [0.717, 1.165) is 0 Å². The highest BCUT2D eigenvalue weighted by Gasteiger charge is 2.19. The molecule has 2 aromatic carbocycles. The van der Waals surface area contributed by atoms with Gasteiger partial charge >= 0.3 is 12.3 Å². The Morgan fingerprint density at radius 2 is 1.81 bits per heavy atom. The van der Waals surface area contributed by atoms with Gasteiger partial charge in [-0.3, -0.25) is 10.1 Å². The Morgan fingerprint density at radius 1 is 1.14 bits per heavy atom. The summed E-state index contributed by atoms with van der Waals surface area (Å²) in [5.41, 5.74) is -0.0907. The molecular formula is C13H9ClF2N2O3. The third-order valence-corrected chi connectivity index (χ3v) is 2.85. The van der Waals surface area contributed by atoms with Crippen LogP contribution < -0.4 is 10.1 Å². The Hall–Kier alpha value is -2.41. The first-order chi connectivity index (χ1) is 9.99. The van der Waals surface area contributed by atoms with Crippen molar-refractivity contribution in [2.75, 3.05) is 5.32 Å². The maximum Gasteiger partial charge on any atom is 0.387 e. The molecule has 0 aliphatic carbocycles. The molecule has 0 amide bonds. The van der Waals surface area contributed by atoms with Crippen molar-refractivity contribution in [3.05, 3.63) is 57.6 Å². The third kappa shape index (κ3) is 3.57. The summed E-state index contributed by atoms with van der Waals surface area (Å²) in [6.45, 7) is -3.00. The van der Waals surface area contributed by atoms with Crippen LogP contribution in [0.4, 0.5) is 25.8 Å². The van der Waals surface area contributed by atoms with Crippen LogP contribution >= 0.6 is 11.6 Å². The second kappa shape index (κ2) is 6.36. The Morgan fingerprint density at radius 3 is 2.48 bits per heavy atom. The van der Waals surface area contributed by atoms with Crippen LogP contribution in [0.2, 0.25) is 5.02 Å². The molecular weight excluding hydrogens is 306 g/mol. The lowest BCUT2D eigenvalue weighted by Crippen LogP contribution is -2.05. The molecule has 0 radical (unpaired) electrons. The van der Waals surface area contributed by atoms with Gasteiger partial charge in [0.2, 0.25) is 0 Å². The Kier molecular flexibility index (Phi) is 4.54. The zero-order valence-corrected chi connectivity index (χ0v) is 11.2. The van der Waals surface area contributed by atoms with Crippen LogP contribution in [0.3, 0.4) is 0 Å². The molecule has 0 aliphatic heterocycles. The van der Waals surface area contributed by atoms with Crippen molar-refractivity contribution >= 4 is 28.7 Å². The minimum absolute atomic E-state index is 0.0581. The van der Waals surface area contributed by atoms with Gasteiger partial charge in [0.15, 0.2) is 0 Å². The van der Waals surface area contributed by atoms with E-state index in [-0.39, 0.29) is 27.8 Å². The molecule has 0 fully saturated rings. The standard InChI is InChI=1S/C13H9ClF2N2O3/c14-8-4-3-6-10(12(8)18(19)20)17-9-5-1-2-7-11(9)21-13(15)16/h1-7,13,17H. The monoisotopic (exact) mass is 314 g/mol. The number of nitro benzene ring substituents is 1. The Bertz CT molecular complexity index is 668. The molecule has 0 unspecified atom stereocenters. The van der Waals surface area contributed by atoms with E-state index >= 15 is 0 Å². The molecule has 0 aliphatic rings. The Labute approximate surface area is 123 Å². The number of halogens is 3. The molecule has 0 spiro atoms. The number of nitro groups is 1. The molecule has 2 aromatic rings. The molecule has 0 bridgehead atoms. The number of ether oxygens (including phenoxy) is 1. The summed E-state index contributed by atoms with van der Waals surface area (Å²) < 4.78 is 29.0. The average molecular weight is 315 g/mol. The lowest BCUT2D eigenvalue weighted by Gasteiger charge is -2.13. The zero-order valence-electron chi connectivity index (χ0n) is 10.4. The van der Waals surface area contributed by atoms with Crippen molar-refractivity contribution in [3.8, 4) is 5.75 Å². The summed E-state index contributed by atoms with van der Waals surface area (Å²) in [4.78, 5) is 10.4. The number of hydrogen-bond acceptors (Lipinski definition) is 4. The van der Waals surface area contributed by atoms with E-state index in [0.29, 0.717) is 0 Å². The van der Waals surface area contributed by atoms with Crippen LogP contribution in [-0.4, -0.2) is 11.5 Å². The number of rotatable bonds is 5. The highest BCUT2D eigenvalue weighted by atomic mass is 35.5. The maximum atomic E-state index is 12.3. The lowest BCUT2D eigenvalue weighted by atomic mass is 10.2. The largest absolute Gasteiger partial charge is 0.433 e. The van der Waals surface area contributed by atoms with Crippen LogP contribution in [-0.2, 0) is 0 Å². The predicted molar refractivity (Wildman–Crippen MR) is 74.5 cm³/mol. The number of nitrogens with zero attached hydrogens (tertiary/aromatic N) is 1. The smallest absolute Gasteiger partial charge is 0.387 e. The SMILES string of the molecule is O=[N+]([O-])c1c(Cl)cccc1Nc1ccccc1OC(F)F. The van der Waals surface area contributed by atoms with E-state index in [4.69, 9.17) is 11.6 Å². The summed E-state index contributed by atoms with van der Waals surface area (Å²) in [5, 5.41) is 13.7. The first-order valence-electron chi connectivity index (χ1n) is 5.73. The fourth-order valence-electron chi connectivity index (χ4n) is 1.72. The van der Waals surface area contributed by atoms with Crippen LogP contribution in [0, 0.1) is 10.1 Å². The fourth-order valence-corrected chi connectivity index (χ4v) is 1.96. The summed E-state index contributed by atoms with van der Waals surface area (Å²) in [5.74, 6) is -0.123. The second-order valence-corrected chi connectivity index (χ2v) is 4.30. The summed E-state index contributed by atoms with van der Waals surface area (Å²) in [6.07, 6.45) is 0. The molecule has 0 heterocycles. The van der Waals surface area contributed by atoms with Crippen LogP contribution in [0.1, 0.15) is 0 Å². The van der Waals surface area contributed by atoms with Gasteiger partial charge in [-0.2, -0.15) is 8.78 Å². The molecule has 1 N–H and O–H groups in total. The van der Waals surface area contributed by atoms with Crippen molar-refractivity contribution in [1.29, 1.82) is 0 Å². The average Bonchev–Trinajstić information content (AvgIpc) is 2.40. The highest BCUT2D eigenvalue weighted by molar-refractivity contribution is 6.33. The number of nitrogens with one attached hydrogen (secondary N) is 1. The van der Waals surface area contributed by atoms with Gasteiger partial charge in [-0.25, -0.2) is 0 Å². The van der Waals surface area contributed by atoms with Crippen molar-refractivity contribution < 1.29 is 18.4 Å². The quantitative estimate of drug-likeness (QED) is 0.647. The van der Waals surface area contributed by atoms with Gasteiger partial charge in [0.1, 0.15) is 16.5 Å². The molecule has 5 nitrogen and oxygen atoms in total. The van der Waals surface area contributed by atoms with Gasteiger partial charge in [0, 0.05) is 0 Å². The first-order valence-corrected chi connectivity index (χ1v) is 6.10.